The van der Waals surface area contributed by atoms with E-state index in [1.807, 2.05) is 0 Å². The molecule has 2 amide bonds. The monoisotopic (exact) mass is 278 g/mol. The van der Waals surface area contributed by atoms with E-state index >= 15 is 0 Å². The molecule has 1 aromatic rings. The highest BCUT2D eigenvalue weighted by Gasteiger charge is 2.21. The van der Waals surface area contributed by atoms with E-state index in [0.29, 0.717) is 39.0 Å². The van der Waals surface area contributed by atoms with Crippen molar-refractivity contribution >= 4 is 11.8 Å². The third kappa shape index (κ3) is 3.79. The van der Waals surface area contributed by atoms with Gasteiger partial charge in [0.1, 0.15) is 5.82 Å². The van der Waals surface area contributed by atoms with Crippen LogP contribution in [0.1, 0.15) is 18.9 Å². The van der Waals surface area contributed by atoms with E-state index in [4.69, 9.17) is 0 Å². The van der Waals surface area contributed by atoms with Crippen molar-refractivity contribution in [3.8, 4) is 0 Å². The number of hydrogen-bond acceptors (Lipinski definition) is 2. The molecule has 1 aromatic carbocycles. The molecule has 0 bridgehead atoms. The van der Waals surface area contributed by atoms with E-state index < -0.39 is 0 Å². The summed E-state index contributed by atoms with van der Waals surface area (Å²) in [5, 5.41) is 0. The molecule has 20 heavy (non-hydrogen) atoms. The van der Waals surface area contributed by atoms with Gasteiger partial charge in [-0.3, -0.25) is 9.59 Å². The first kappa shape index (κ1) is 14.5. The average Bonchev–Trinajstić information content (AvgIpc) is 2.46. The van der Waals surface area contributed by atoms with Crippen molar-refractivity contribution in [2.75, 3.05) is 26.2 Å². The average molecular weight is 278 g/mol. The molecule has 2 rings (SSSR count). The number of benzene rings is 1. The predicted octanol–water partition coefficient (Wildman–Crippen LogP) is 1.45. The van der Waals surface area contributed by atoms with Gasteiger partial charge < -0.3 is 9.80 Å². The molecule has 0 spiro atoms. The van der Waals surface area contributed by atoms with Crippen molar-refractivity contribution in [2.24, 2.45) is 0 Å². The zero-order chi connectivity index (χ0) is 14.5. The third-order valence-corrected chi connectivity index (χ3v) is 3.62. The smallest absolute Gasteiger partial charge is 0.223 e. The fraction of sp³-hybridized carbons (Fsp3) is 0.467. The molecule has 1 aliphatic heterocycles. The number of halogens is 1. The quantitative estimate of drug-likeness (QED) is 0.839. The molecule has 0 N–H and O–H groups in total. The van der Waals surface area contributed by atoms with Crippen LogP contribution in [0.3, 0.4) is 0 Å². The van der Waals surface area contributed by atoms with Crippen LogP contribution in [0.25, 0.3) is 0 Å². The summed E-state index contributed by atoms with van der Waals surface area (Å²) in [6.45, 7) is 3.96. The van der Waals surface area contributed by atoms with Gasteiger partial charge in [-0.2, -0.15) is 0 Å². The summed E-state index contributed by atoms with van der Waals surface area (Å²) in [6, 6.07) is 6.23. The lowest BCUT2D eigenvalue weighted by Crippen LogP contribution is -2.50. The van der Waals surface area contributed by atoms with E-state index in [0.717, 1.165) is 5.56 Å². The highest BCUT2D eigenvalue weighted by Crippen LogP contribution is 2.09. The molecule has 0 aromatic heterocycles. The summed E-state index contributed by atoms with van der Waals surface area (Å²) in [4.78, 5) is 26.8. The molecule has 5 heteroatoms. The van der Waals surface area contributed by atoms with Gasteiger partial charge in [0.2, 0.25) is 11.8 Å². The molecular weight excluding hydrogens is 259 g/mol. The fourth-order valence-corrected chi connectivity index (χ4v) is 2.33. The largest absolute Gasteiger partial charge is 0.339 e. The van der Waals surface area contributed by atoms with Crippen LogP contribution < -0.4 is 0 Å². The van der Waals surface area contributed by atoms with E-state index in [1.165, 1.54) is 12.1 Å². The summed E-state index contributed by atoms with van der Waals surface area (Å²) in [6.07, 6.45) is 1.04. The highest BCUT2D eigenvalue weighted by atomic mass is 19.1. The normalized spacial score (nSPS) is 15.3. The molecule has 0 radical (unpaired) electrons. The maximum Gasteiger partial charge on any atom is 0.223 e. The second kappa shape index (κ2) is 6.50. The Labute approximate surface area is 118 Å². The maximum atomic E-state index is 12.8. The van der Waals surface area contributed by atoms with Crippen LogP contribution in [0.5, 0.6) is 0 Å². The van der Waals surface area contributed by atoms with Crippen LogP contribution in [-0.4, -0.2) is 47.8 Å². The Morgan fingerprint density at radius 1 is 1.05 bits per heavy atom. The number of aryl methyl sites for hydroxylation is 1. The van der Waals surface area contributed by atoms with E-state index in [2.05, 4.69) is 0 Å². The standard InChI is InChI=1S/C15H19FN2O2/c1-12(19)17-8-10-18(11-9-17)15(20)7-4-13-2-5-14(16)6-3-13/h2-3,5-6H,4,7-11H2,1H3. The Hall–Kier alpha value is -1.91. The topological polar surface area (TPSA) is 40.6 Å². The van der Waals surface area contributed by atoms with Gasteiger partial charge in [-0.15, -0.1) is 0 Å². The minimum atomic E-state index is -0.263. The van der Waals surface area contributed by atoms with E-state index in [-0.39, 0.29) is 17.6 Å². The van der Waals surface area contributed by atoms with Crippen molar-refractivity contribution in [1.29, 1.82) is 0 Å². The van der Waals surface area contributed by atoms with Gasteiger partial charge in [0.25, 0.3) is 0 Å². The number of carbonyl (C=O) groups excluding carboxylic acids is 2. The first-order chi connectivity index (χ1) is 9.56. The second-order valence-electron chi connectivity index (χ2n) is 5.01. The number of carbonyl (C=O) groups is 2. The van der Waals surface area contributed by atoms with Gasteiger partial charge in [-0.05, 0) is 24.1 Å². The summed E-state index contributed by atoms with van der Waals surface area (Å²) >= 11 is 0. The lowest BCUT2D eigenvalue weighted by molar-refractivity contribution is -0.138. The number of piperazine rings is 1. The molecule has 0 atom stereocenters. The van der Waals surface area contributed by atoms with Crippen molar-refractivity contribution in [1.82, 2.24) is 9.80 Å². The molecule has 1 saturated heterocycles. The van der Waals surface area contributed by atoms with Crippen LogP contribution in [0.15, 0.2) is 24.3 Å². The number of hydrogen-bond donors (Lipinski definition) is 0. The van der Waals surface area contributed by atoms with Crippen molar-refractivity contribution < 1.29 is 14.0 Å². The van der Waals surface area contributed by atoms with Gasteiger partial charge in [0.15, 0.2) is 0 Å². The lowest BCUT2D eigenvalue weighted by atomic mass is 10.1. The summed E-state index contributed by atoms with van der Waals surface area (Å²) in [5.41, 5.74) is 0.960. The minimum absolute atomic E-state index is 0.0587. The van der Waals surface area contributed by atoms with E-state index in [9.17, 15) is 14.0 Å². The Morgan fingerprint density at radius 3 is 2.15 bits per heavy atom. The number of rotatable bonds is 3. The zero-order valence-electron chi connectivity index (χ0n) is 11.6. The van der Waals surface area contributed by atoms with Crippen LogP contribution in [0.4, 0.5) is 4.39 Å². The van der Waals surface area contributed by atoms with Crippen molar-refractivity contribution in [3.05, 3.63) is 35.6 Å². The second-order valence-corrected chi connectivity index (χ2v) is 5.01. The molecule has 108 valence electrons. The molecule has 0 unspecified atom stereocenters. The lowest BCUT2D eigenvalue weighted by Gasteiger charge is -2.34. The van der Waals surface area contributed by atoms with Crippen molar-refractivity contribution in [3.63, 3.8) is 0 Å². The molecule has 1 heterocycles. The summed E-state index contributed by atoms with van der Waals surface area (Å²) in [5.74, 6) is -0.110. The predicted molar refractivity (Wildman–Crippen MR) is 73.6 cm³/mol. The minimum Gasteiger partial charge on any atom is -0.339 e. The van der Waals surface area contributed by atoms with E-state index in [1.54, 1.807) is 28.9 Å². The Bertz CT molecular complexity index is 479. The molecular formula is C15H19FN2O2. The van der Waals surface area contributed by atoms with Gasteiger partial charge in [-0.1, -0.05) is 12.1 Å². The van der Waals surface area contributed by atoms with Crippen molar-refractivity contribution in [2.45, 2.75) is 19.8 Å². The van der Waals surface area contributed by atoms with Gasteiger partial charge in [0, 0.05) is 39.5 Å². The van der Waals surface area contributed by atoms with Gasteiger partial charge in [0.05, 0.1) is 0 Å². The van der Waals surface area contributed by atoms with Crippen LogP contribution in [0.2, 0.25) is 0 Å². The molecule has 4 nitrogen and oxygen atoms in total. The molecule has 1 fully saturated rings. The first-order valence-electron chi connectivity index (χ1n) is 6.84. The Morgan fingerprint density at radius 2 is 1.60 bits per heavy atom. The Balaban J connectivity index is 1.78. The summed E-state index contributed by atoms with van der Waals surface area (Å²) < 4.78 is 12.8. The van der Waals surface area contributed by atoms with Crippen LogP contribution >= 0.6 is 0 Å². The number of nitrogens with zero attached hydrogens (tertiary/aromatic N) is 2. The number of amides is 2. The van der Waals surface area contributed by atoms with Gasteiger partial charge in [-0.25, -0.2) is 4.39 Å². The zero-order valence-corrected chi connectivity index (χ0v) is 11.6. The van der Waals surface area contributed by atoms with Gasteiger partial charge >= 0.3 is 0 Å². The maximum absolute atomic E-state index is 12.8. The first-order valence-corrected chi connectivity index (χ1v) is 6.84. The molecule has 0 aliphatic carbocycles. The SMILES string of the molecule is CC(=O)N1CCN(C(=O)CCc2ccc(F)cc2)CC1. The van der Waals surface area contributed by atoms with Crippen LogP contribution in [-0.2, 0) is 16.0 Å². The third-order valence-electron chi connectivity index (χ3n) is 3.62. The Kier molecular flexibility index (Phi) is 4.71. The van der Waals surface area contributed by atoms with Crippen LogP contribution in [0, 0.1) is 5.82 Å². The highest BCUT2D eigenvalue weighted by molar-refractivity contribution is 5.77. The summed E-state index contributed by atoms with van der Waals surface area (Å²) in [7, 11) is 0. The molecule has 0 saturated carbocycles. The molecule has 1 aliphatic rings. The fourth-order valence-electron chi connectivity index (χ4n) is 2.33.